The van der Waals surface area contributed by atoms with Gasteiger partial charge in [0.1, 0.15) is 11.5 Å². The van der Waals surface area contributed by atoms with Gasteiger partial charge in [-0.2, -0.15) is 0 Å². The van der Waals surface area contributed by atoms with Crippen molar-refractivity contribution in [3.8, 4) is 11.5 Å². The molecule has 0 atom stereocenters. The van der Waals surface area contributed by atoms with Crippen LogP contribution in [0.4, 0.5) is 0 Å². The number of allylic oxidation sites excluding steroid dienone is 2. The van der Waals surface area contributed by atoms with Crippen molar-refractivity contribution in [3.63, 3.8) is 0 Å². The Bertz CT molecular complexity index is 1330. The van der Waals surface area contributed by atoms with Gasteiger partial charge in [-0.3, -0.25) is 9.59 Å². The van der Waals surface area contributed by atoms with Gasteiger partial charge in [-0.1, -0.05) is 59.6 Å². The second kappa shape index (κ2) is 14.1. The molecule has 0 bridgehead atoms. The van der Waals surface area contributed by atoms with E-state index in [2.05, 4.69) is 0 Å². The molecule has 0 N–H and O–H groups in total. The van der Waals surface area contributed by atoms with E-state index >= 15 is 0 Å². The van der Waals surface area contributed by atoms with Gasteiger partial charge in [-0.15, -0.1) is 0 Å². The van der Waals surface area contributed by atoms with Gasteiger partial charge in [-0.05, 0) is 96.1 Å². The molecule has 0 aromatic heterocycles. The molecule has 0 heterocycles. The zero-order valence-electron chi connectivity index (χ0n) is 21.1. The average molecular weight is 557 g/mol. The molecule has 4 aromatic carbocycles. The van der Waals surface area contributed by atoms with Crippen LogP contribution in [0.1, 0.15) is 38.3 Å². The topological polar surface area (TPSA) is 52.6 Å². The summed E-state index contributed by atoms with van der Waals surface area (Å²) in [5.41, 5.74) is 2.99. The Morgan fingerprint density at radius 3 is 1.26 bits per heavy atom. The maximum absolute atomic E-state index is 12.2. The van der Waals surface area contributed by atoms with Crippen molar-refractivity contribution in [1.82, 2.24) is 0 Å². The molecule has 4 aromatic rings. The molecule has 196 valence electrons. The lowest BCUT2D eigenvalue weighted by Crippen LogP contribution is -2.05. The van der Waals surface area contributed by atoms with Crippen LogP contribution >= 0.6 is 23.2 Å². The highest BCUT2D eigenvalue weighted by molar-refractivity contribution is 6.31. The lowest BCUT2D eigenvalue weighted by atomic mass is 10.1. The highest BCUT2D eigenvalue weighted by Gasteiger charge is 2.03. The van der Waals surface area contributed by atoms with E-state index in [-0.39, 0.29) is 11.6 Å². The smallest absolute Gasteiger partial charge is 0.185 e. The zero-order chi connectivity index (χ0) is 27.5. The largest absolute Gasteiger partial charge is 0.493 e. The molecule has 6 heteroatoms. The zero-order valence-corrected chi connectivity index (χ0v) is 22.6. The standard InChI is InChI=1S/C33H26Cl2O4/c34-28-12-8-26(9-13-28)32(36)20-6-24-2-16-30(17-3-24)38-22-1-23-39-31-18-4-25(5-19-31)7-21-33(37)27-10-14-29(35)15-11-27/h2-21H,1,22-23H2/b20-6-,21-7-. The molecule has 39 heavy (non-hydrogen) atoms. The Labute approximate surface area is 238 Å². The van der Waals surface area contributed by atoms with Crippen LogP contribution in [0.5, 0.6) is 11.5 Å². The first-order chi connectivity index (χ1) is 19.0. The lowest BCUT2D eigenvalue weighted by Gasteiger charge is -2.08. The van der Waals surface area contributed by atoms with Crippen LogP contribution in [-0.4, -0.2) is 24.8 Å². The molecule has 0 radical (unpaired) electrons. The Balaban J connectivity index is 1.15. The van der Waals surface area contributed by atoms with Crippen LogP contribution in [0, 0.1) is 0 Å². The summed E-state index contributed by atoms with van der Waals surface area (Å²) in [6.07, 6.45) is 7.34. The van der Waals surface area contributed by atoms with E-state index in [1.807, 2.05) is 48.5 Å². The number of carbonyl (C=O) groups is 2. The van der Waals surface area contributed by atoms with Crippen molar-refractivity contribution in [3.05, 3.63) is 142 Å². The van der Waals surface area contributed by atoms with E-state index in [0.717, 1.165) is 22.6 Å². The van der Waals surface area contributed by atoms with Crippen molar-refractivity contribution >= 4 is 46.9 Å². The summed E-state index contributed by atoms with van der Waals surface area (Å²) in [5.74, 6) is 1.34. The van der Waals surface area contributed by atoms with Crippen LogP contribution in [0.15, 0.2) is 109 Å². The monoisotopic (exact) mass is 556 g/mol. The highest BCUT2D eigenvalue weighted by atomic mass is 35.5. The number of ether oxygens (including phenoxy) is 2. The van der Waals surface area contributed by atoms with Crippen LogP contribution in [0.25, 0.3) is 12.2 Å². The number of hydrogen-bond donors (Lipinski definition) is 0. The molecular weight excluding hydrogens is 531 g/mol. The Morgan fingerprint density at radius 1 is 0.538 bits per heavy atom. The van der Waals surface area contributed by atoms with Gasteiger partial charge in [-0.25, -0.2) is 0 Å². The third kappa shape index (κ3) is 8.99. The number of hydrogen-bond acceptors (Lipinski definition) is 4. The van der Waals surface area contributed by atoms with Gasteiger partial charge in [0.2, 0.25) is 0 Å². The average Bonchev–Trinajstić information content (AvgIpc) is 2.96. The number of halogens is 2. The minimum Gasteiger partial charge on any atom is -0.493 e. The Morgan fingerprint density at radius 2 is 0.897 bits per heavy atom. The molecule has 0 aliphatic carbocycles. The number of rotatable bonds is 12. The van der Waals surface area contributed by atoms with Crippen LogP contribution in [-0.2, 0) is 0 Å². The van der Waals surface area contributed by atoms with Crippen molar-refractivity contribution in [2.45, 2.75) is 6.42 Å². The molecule has 0 amide bonds. The molecule has 0 aliphatic heterocycles. The maximum atomic E-state index is 12.2. The molecule has 0 fully saturated rings. The molecule has 0 saturated carbocycles. The third-order valence-corrected chi connectivity index (χ3v) is 6.20. The van der Waals surface area contributed by atoms with Crippen molar-refractivity contribution < 1.29 is 19.1 Å². The summed E-state index contributed by atoms with van der Waals surface area (Å²) in [4.78, 5) is 24.5. The normalized spacial score (nSPS) is 11.1. The van der Waals surface area contributed by atoms with Crippen LogP contribution in [0.3, 0.4) is 0 Å². The van der Waals surface area contributed by atoms with E-state index in [1.165, 1.54) is 0 Å². The summed E-state index contributed by atoms with van der Waals surface area (Å²) in [6, 6.07) is 28.7. The van der Waals surface area contributed by atoms with E-state index in [4.69, 9.17) is 32.7 Å². The third-order valence-electron chi connectivity index (χ3n) is 5.70. The summed E-state index contributed by atoms with van der Waals surface area (Å²) >= 11 is 11.7. The maximum Gasteiger partial charge on any atom is 0.185 e. The van der Waals surface area contributed by atoms with Crippen molar-refractivity contribution in [2.24, 2.45) is 0 Å². The van der Waals surface area contributed by atoms with Crippen molar-refractivity contribution in [2.75, 3.05) is 13.2 Å². The van der Waals surface area contributed by atoms with Gasteiger partial charge >= 0.3 is 0 Å². The minimum atomic E-state index is -0.0812. The van der Waals surface area contributed by atoms with Gasteiger partial charge in [0.25, 0.3) is 0 Å². The van der Waals surface area contributed by atoms with Gasteiger partial charge in [0, 0.05) is 27.6 Å². The second-order valence-electron chi connectivity index (χ2n) is 8.60. The first-order valence-electron chi connectivity index (χ1n) is 12.4. The number of ketones is 2. The fraction of sp³-hybridized carbons (Fsp3) is 0.0909. The number of carbonyl (C=O) groups excluding carboxylic acids is 2. The minimum absolute atomic E-state index is 0.0812. The Hall–Kier alpha value is -4.12. The van der Waals surface area contributed by atoms with E-state index < -0.39 is 0 Å². The molecule has 0 aliphatic rings. The quantitative estimate of drug-likeness (QED) is 0.0994. The van der Waals surface area contributed by atoms with Crippen LogP contribution in [0.2, 0.25) is 10.0 Å². The summed E-state index contributed by atoms with van der Waals surface area (Å²) in [5, 5.41) is 1.20. The Kier molecular flexibility index (Phi) is 10.1. The SMILES string of the molecule is O=C(/C=C\c1ccc(OCCCOc2ccc(/C=C\C(=O)c3ccc(Cl)cc3)cc2)cc1)c1ccc(Cl)cc1. The van der Waals surface area contributed by atoms with Crippen molar-refractivity contribution in [1.29, 1.82) is 0 Å². The van der Waals surface area contributed by atoms with E-state index in [9.17, 15) is 9.59 Å². The van der Waals surface area contributed by atoms with Gasteiger partial charge < -0.3 is 9.47 Å². The number of benzene rings is 4. The highest BCUT2D eigenvalue weighted by Crippen LogP contribution is 2.17. The second-order valence-corrected chi connectivity index (χ2v) is 9.47. The first-order valence-corrected chi connectivity index (χ1v) is 13.1. The predicted molar refractivity (Wildman–Crippen MR) is 158 cm³/mol. The van der Waals surface area contributed by atoms with Crippen LogP contribution < -0.4 is 9.47 Å². The lowest BCUT2D eigenvalue weighted by molar-refractivity contribution is 0.103. The molecule has 0 spiro atoms. The molecule has 4 nitrogen and oxygen atoms in total. The van der Waals surface area contributed by atoms with E-state index in [1.54, 1.807) is 72.8 Å². The first kappa shape index (κ1) is 27.9. The molecule has 0 unspecified atom stereocenters. The summed E-state index contributed by atoms with van der Waals surface area (Å²) < 4.78 is 11.6. The van der Waals surface area contributed by atoms with Gasteiger partial charge in [0.15, 0.2) is 11.6 Å². The van der Waals surface area contributed by atoms with Gasteiger partial charge in [0.05, 0.1) is 13.2 Å². The summed E-state index contributed by atoms with van der Waals surface area (Å²) in [6.45, 7) is 1.02. The summed E-state index contributed by atoms with van der Waals surface area (Å²) in [7, 11) is 0. The molecule has 4 rings (SSSR count). The fourth-order valence-electron chi connectivity index (χ4n) is 3.55. The molecular formula is C33H26Cl2O4. The predicted octanol–water partition coefficient (Wildman–Crippen LogP) is 8.63. The fourth-order valence-corrected chi connectivity index (χ4v) is 3.81. The van der Waals surface area contributed by atoms with E-state index in [0.29, 0.717) is 40.8 Å². The molecule has 0 saturated heterocycles.